The summed E-state index contributed by atoms with van der Waals surface area (Å²) < 4.78 is 14.2. The molecule has 10 heteroatoms. The largest absolute Gasteiger partial charge is 0.339 e. The lowest BCUT2D eigenvalue weighted by molar-refractivity contribution is 0.148. The molecule has 0 unspecified atom stereocenters. The quantitative estimate of drug-likeness (QED) is 0.394. The van der Waals surface area contributed by atoms with E-state index in [4.69, 9.17) is 11.6 Å². The third-order valence-corrected chi connectivity index (χ3v) is 6.84. The van der Waals surface area contributed by atoms with Crippen LogP contribution in [0.1, 0.15) is 5.56 Å². The van der Waals surface area contributed by atoms with E-state index >= 15 is 0 Å². The number of hydrogen-bond donors (Lipinski definition) is 2. The van der Waals surface area contributed by atoms with Gasteiger partial charge in [-0.1, -0.05) is 35.1 Å². The Hall–Kier alpha value is -2.85. The molecule has 2 aromatic heterocycles. The summed E-state index contributed by atoms with van der Waals surface area (Å²) in [5, 5.41) is 7.30. The molecule has 5 rings (SSSR count). The molecule has 3 heterocycles. The number of rotatable bonds is 6. The second-order valence-corrected chi connectivity index (χ2v) is 9.46. The molecule has 0 spiro atoms. The summed E-state index contributed by atoms with van der Waals surface area (Å²) in [6.45, 7) is 5.40. The van der Waals surface area contributed by atoms with Crippen LogP contribution >= 0.6 is 22.9 Å². The first kappa shape index (κ1) is 22.0. The van der Waals surface area contributed by atoms with Gasteiger partial charge in [-0.25, -0.2) is 14.4 Å². The number of hydrogen-bond acceptors (Lipinski definition) is 8. The van der Waals surface area contributed by atoms with Gasteiger partial charge in [0, 0.05) is 44.1 Å². The van der Waals surface area contributed by atoms with E-state index in [9.17, 15) is 4.39 Å². The SMILES string of the molecule is CN1CCN(Cc2ccc(Nc3nc4ncnc(Nc5ccc(F)c(Cl)c5)c4s3)cc2)CC1. The Kier molecular flexibility index (Phi) is 6.37. The number of benzene rings is 2. The number of likely N-dealkylation sites (N-methyl/N-ethyl adjacent to an activating group) is 1. The first-order valence-corrected chi connectivity index (χ1v) is 11.8. The van der Waals surface area contributed by atoms with E-state index in [0.717, 1.165) is 48.2 Å². The molecule has 1 saturated heterocycles. The van der Waals surface area contributed by atoms with E-state index in [1.807, 2.05) is 0 Å². The number of anilines is 4. The lowest BCUT2D eigenvalue weighted by Crippen LogP contribution is -2.43. The number of nitrogens with zero attached hydrogens (tertiary/aromatic N) is 5. The maximum atomic E-state index is 13.5. The van der Waals surface area contributed by atoms with Crippen molar-refractivity contribution in [3.63, 3.8) is 0 Å². The van der Waals surface area contributed by atoms with Crippen LogP contribution in [0.4, 0.5) is 26.7 Å². The van der Waals surface area contributed by atoms with Gasteiger partial charge in [0.15, 0.2) is 16.6 Å². The Morgan fingerprint density at radius 2 is 1.76 bits per heavy atom. The lowest BCUT2D eigenvalue weighted by atomic mass is 10.2. The Morgan fingerprint density at radius 3 is 2.52 bits per heavy atom. The molecule has 0 aliphatic carbocycles. The predicted octanol–water partition coefficient (Wildman–Crippen LogP) is 5.11. The van der Waals surface area contributed by atoms with E-state index in [1.165, 1.54) is 35.4 Å². The Balaban J connectivity index is 1.28. The molecule has 1 aliphatic rings. The van der Waals surface area contributed by atoms with Gasteiger partial charge in [0.1, 0.15) is 16.8 Å². The van der Waals surface area contributed by atoms with Crippen LogP contribution in [0.15, 0.2) is 48.8 Å². The average Bonchev–Trinajstić information content (AvgIpc) is 3.23. The summed E-state index contributed by atoms with van der Waals surface area (Å²) in [5.41, 5.74) is 3.48. The van der Waals surface area contributed by atoms with Crippen molar-refractivity contribution in [2.75, 3.05) is 43.9 Å². The molecule has 0 saturated carbocycles. The van der Waals surface area contributed by atoms with E-state index in [0.29, 0.717) is 17.2 Å². The van der Waals surface area contributed by atoms with Gasteiger partial charge >= 0.3 is 0 Å². The molecule has 33 heavy (non-hydrogen) atoms. The monoisotopic (exact) mass is 483 g/mol. The highest BCUT2D eigenvalue weighted by Gasteiger charge is 2.14. The van der Waals surface area contributed by atoms with Crippen LogP contribution in [0.5, 0.6) is 0 Å². The molecule has 2 N–H and O–H groups in total. The van der Waals surface area contributed by atoms with Gasteiger partial charge < -0.3 is 15.5 Å². The van der Waals surface area contributed by atoms with Gasteiger partial charge in [-0.05, 0) is 42.9 Å². The molecule has 2 aromatic carbocycles. The van der Waals surface area contributed by atoms with Crippen molar-refractivity contribution in [3.05, 3.63) is 65.2 Å². The number of fused-ring (bicyclic) bond motifs is 1. The minimum atomic E-state index is -0.464. The summed E-state index contributed by atoms with van der Waals surface area (Å²) in [5.74, 6) is 0.129. The number of aromatic nitrogens is 3. The Labute approximate surface area is 200 Å². The second-order valence-electron chi connectivity index (χ2n) is 8.05. The van der Waals surface area contributed by atoms with E-state index in [2.05, 4.69) is 66.7 Å². The zero-order valence-corrected chi connectivity index (χ0v) is 19.6. The first-order chi connectivity index (χ1) is 16.0. The molecule has 0 radical (unpaired) electrons. The summed E-state index contributed by atoms with van der Waals surface area (Å²) in [4.78, 5) is 18.0. The maximum Gasteiger partial charge on any atom is 0.189 e. The molecule has 0 atom stereocenters. The number of thiazole rings is 1. The van der Waals surface area contributed by atoms with Crippen LogP contribution in [-0.2, 0) is 6.54 Å². The van der Waals surface area contributed by atoms with Crippen molar-refractivity contribution in [3.8, 4) is 0 Å². The zero-order valence-electron chi connectivity index (χ0n) is 18.1. The molecule has 170 valence electrons. The highest BCUT2D eigenvalue weighted by atomic mass is 35.5. The zero-order chi connectivity index (χ0) is 22.8. The predicted molar refractivity (Wildman–Crippen MR) is 132 cm³/mol. The first-order valence-electron chi connectivity index (χ1n) is 10.6. The average molecular weight is 484 g/mol. The molecular formula is C23H23ClFN7S. The minimum absolute atomic E-state index is 0.0491. The lowest BCUT2D eigenvalue weighted by Gasteiger charge is -2.32. The smallest absolute Gasteiger partial charge is 0.189 e. The van der Waals surface area contributed by atoms with Crippen molar-refractivity contribution in [2.45, 2.75) is 6.54 Å². The van der Waals surface area contributed by atoms with Crippen LogP contribution in [0, 0.1) is 5.82 Å². The number of halogens is 2. The maximum absolute atomic E-state index is 13.5. The Morgan fingerprint density at radius 1 is 1.00 bits per heavy atom. The summed E-state index contributed by atoms with van der Waals surface area (Å²) in [6.07, 6.45) is 1.45. The fraction of sp³-hybridized carbons (Fsp3) is 0.261. The standard InChI is InChI=1S/C23H23ClFN7S/c1-31-8-10-32(11-9-31)13-15-2-4-16(5-3-15)29-23-30-22-20(33-23)21(26-14-27-22)28-17-6-7-19(25)18(24)12-17/h2-7,12,14H,8-11,13H2,1H3,(H2,26,27,28,29,30). The third-order valence-electron chi connectivity index (χ3n) is 5.58. The second kappa shape index (κ2) is 9.56. The van der Waals surface area contributed by atoms with Gasteiger partial charge in [-0.15, -0.1) is 0 Å². The van der Waals surface area contributed by atoms with Crippen LogP contribution in [0.2, 0.25) is 5.02 Å². The Bertz CT molecular complexity index is 1260. The van der Waals surface area contributed by atoms with Crippen molar-refractivity contribution >= 4 is 55.6 Å². The highest BCUT2D eigenvalue weighted by molar-refractivity contribution is 7.22. The van der Waals surface area contributed by atoms with Crippen LogP contribution in [-0.4, -0.2) is 58.0 Å². The van der Waals surface area contributed by atoms with Crippen LogP contribution in [0.25, 0.3) is 10.3 Å². The highest BCUT2D eigenvalue weighted by Crippen LogP contribution is 2.33. The topological polar surface area (TPSA) is 69.2 Å². The van der Waals surface area contributed by atoms with Gasteiger partial charge in [0.2, 0.25) is 0 Å². The summed E-state index contributed by atoms with van der Waals surface area (Å²) in [6, 6.07) is 12.9. The van der Waals surface area contributed by atoms with Crippen LogP contribution < -0.4 is 10.6 Å². The van der Waals surface area contributed by atoms with Gasteiger partial charge in [0.25, 0.3) is 0 Å². The van der Waals surface area contributed by atoms with E-state index in [-0.39, 0.29) is 5.02 Å². The number of nitrogens with one attached hydrogen (secondary N) is 2. The van der Waals surface area contributed by atoms with Gasteiger partial charge in [0.05, 0.1) is 5.02 Å². The molecular weight excluding hydrogens is 461 g/mol. The van der Waals surface area contributed by atoms with Gasteiger partial charge in [-0.2, -0.15) is 4.98 Å². The molecule has 4 aromatic rings. The molecule has 7 nitrogen and oxygen atoms in total. The van der Waals surface area contributed by atoms with Crippen molar-refractivity contribution in [1.82, 2.24) is 24.8 Å². The van der Waals surface area contributed by atoms with E-state index in [1.54, 1.807) is 6.07 Å². The number of piperazine rings is 1. The summed E-state index contributed by atoms with van der Waals surface area (Å²) >= 11 is 7.34. The van der Waals surface area contributed by atoms with Crippen LogP contribution in [0.3, 0.4) is 0 Å². The van der Waals surface area contributed by atoms with Crippen molar-refractivity contribution in [2.24, 2.45) is 0 Å². The van der Waals surface area contributed by atoms with E-state index < -0.39 is 5.82 Å². The molecule has 1 aliphatic heterocycles. The van der Waals surface area contributed by atoms with Crippen molar-refractivity contribution < 1.29 is 4.39 Å². The van der Waals surface area contributed by atoms with Gasteiger partial charge in [-0.3, -0.25) is 4.90 Å². The van der Waals surface area contributed by atoms with Crippen molar-refractivity contribution in [1.29, 1.82) is 0 Å². The fourth-order valence-electron chi connectivity index (χ4n) is 3.69. The normalized spacial score (nSPS) is 15.1. The fourth-order valence-corrected chi connectivity index (χ4v) is 4.75. The molecule has 0 amide bonds. The minimum Gasteiger partial charge on any atom is -0.339 e. The molecule has 1 fully saturated rings. The third kappa shape index (κ3) is 5.22. The summed E-state index contributed by atoms with van der Waals surface area (Å²) in [7, 11) is 2.17. The molecule has 0 bridgehead atoms.